The van der Waals surface area contributed by atoms with Gasteiger partial charge in [0.05, 0.1) is 0 Å². The Hall–Kier alpha value is -2.95. The van der Waals surface area contributed by atoms with Gasteiger partial charge < -0.3 is 10.3 Å². The van der Waals surface area contributed by atoms with Crippen molar-refractivity contribution in [2.24, 2.45) is 0 Å². The van der Waals surface area contributed by atoms with Crippen LogP contribution < -0.4 is 10.9 Å². The van der Waals surface area contributed by atoms with Crippen molar-refractivity contribution >= 4 is 16.8 Å². The lowest BCUT2D eigenvalue weighted by Gasteiger charge is -2.06. The highest BCUT2D eigenvalue weighted by atomic mass is 16.1. The molecule has 0 atom stereocenters. The van der Waals surface area contributed by atoms with Crippen molar-refractivity contribution in [3.05, 3.63) is 75.8 Å². The maximum Gasteiger partial charge on any atom is 0.251 e. The molecule has 5 nitrogen and oxygen atoms in total. The molecule has 2 heterocycles. The molecule has 2 N–H and O–H groups in total. The van der Waals surface area contributed by atoms with Gasteiger partial charge in [-0.3, -0.25) is 14.6 Å². The molecule has 0 spiro atoms. The molecular formula is C20H21N3O2. The number of carbonyl (C=O) groups excluding carboxylic acids is 1. The van der Waals surface area contributed by atoms with Crippen molar-refractivity contribution in [3.8, 4) is 0 Å². The second-order valence-electron chi connectivity index (χ2n) is 6.18. The molecule has 3 aromatic rings. The fourth-order valence-corrected chi connectivity index (χ4v) is 2.77. The highest BCUT2D eigenvalue weighted by Gasteiger charge is 2.07. The Bertz CT molecular complexity index is 933. The van der Waals surface area contributed by atoms with E-state index in [0.717, 1.165) is 28.5 Å². The highest BCUT2D eigenvalue weighted by Crippen LogP contribution is 2.13. The summed E-state index contributed by atoms with van der Waals surface area (Å²) in [5, 5.41) is 3.87. The van der Waals surface area contributed by atoms with Crippen molar-refractivity contribution in [1.29, 1.82) is 0 Å². The smallest absolute Gasteiger partial charge is 0.251 e. The fraction of sp³-hybridized carbons (Fsp3) is 0.250. The zero-order valence-corrected chi connectivity index (χ0v) is 14.2. The van der Waals surface area contributed by atoms with E-state index in [0.29, 0.717) is 24.9 Å². The fourth-order valence-electron chi connectivity index (χ4n) is 2.77. The number of hydrogen-bond donors (Lipinski definition) is 2. The van der Waals surface area contributed by atoms with E-state index in [1.807, 2.05) is 43.3 Å². The average Bonchev–Trinajstić information content (AvgIpc) is 2.61. The van der Waals surface area contributed by atoms with E-state index in [1.54, 1.807) is 12.4 Å². The minimum Gasteiger partial charge on any atom is -0.356 e. The first kappa shape index (κ1) is 16.9. The molecule has 1 amide bonds. The summed E-state index contributed by atoms with van der Waals surface area (Å²) in [4.78, 5) is 31.1. The van der Waals surface area contributed by atoms with E-state index in [4.69, 9.17) is 0 Å². The predicted octanol–water partition coefficient (Wildman–Crippen LogP) is 2.52. The normalized spacial score (nSPS) is 10.8. The Morgan fingerprint density at radius 2 is 2.08 bits per heavy atom. The minimum absolute atomic E-state index is 0.0488. The zero-order valence-electron chi connectivity index (χ0n) is 14.2. The van der Waals surface area contributed by atoms with E-state index in [9.17, 15) is 9.59 Å². The summed E-state index contributed by atoms with van der Waals surface area (Å²) in [5.74, 6) is -0.0488. The summed E-state index contributed by atoms with van der Waals surface area (Å²) < 4.78 is 0. The molecule has 0 aliphatic rings. The number of aromatic nitrogens is 2. The van der Waals surface area contributed by atoms with Crippen LogP contribution in [0.4, 0.5) is 0 Å². The van der Waals surface area contributed by atoms with E-state index >= 15 is 0 Å². The molecule has 0 aliphatic carbocycles. The van der Waals surface area contributed by atoms with Crippen LogP contribution in [0, 0.1) is 6.92 Å². The summed E-state index contributed by atoms with van der Waals surface area (Å²) in [7, 11) is 0. The lowest BCUT2D eigenvalue weighted by Crippen LogP contribution is -2.26. The number of aryl methyl sites for hydroxylation is 2. The molecule has 0 fully saturated rings. The third kappa shape index (κ3) is 4.53. The summed E-state index contributed by atoms with van der Waals surface area (Å²) in [6, 6.07) is 11.7. The van der Waals surface area contributed by atoms with Crippen molar-refractivity contribution in [3.63, 3.8) is 0 Å². The number of nitrogens with one attached hydrogen (secondary N) is 2. The first-order valence-electron chi connectivity index (χ1n) is 8.40. The summed E-state index contributed by atoms with van der Waals surface area (Å²) in [6.45, 7) is 2.55. The van der Waals surface area contributed by atoms with Crippen LogP contribution >= 0.6 is 0 Å². The lowest BCUT2D eigenvalue weighted by molar-refractivity contribution is -0.121. The van der Waals surface area contributed by atoms with Crippen LogP contribution in [-0.4, -0.2) is 22.4 Å². The van der Waals surface area contributed by atoms with Gasteiger partial charge in [0.25, 0.3) is 5.56 Å². The Kier molecular flexibility index (Phi) is 5.23. The van der Waals surface area contributed by atoms with Gasteiger partial charge >= 0.3 is 0 Å². The summed E-state index contributed by atoms with van der Waals surface area (Å²) in [5.41, 5.74) is 3.53. The summed E-state index contributed by atoms with van der Waals surface area (Å²) in [6.07, 6.45) is 4.99. The van der Waals surface area contributed by atoms with Crippen LogP contribution in [0.25, 0.3) is 10.9 Å². The van der Waals surface area contributed by atoms with Crippen LogP contribution in [0.1, 0.15) is 23.1 Å². The molecule has 0 unspecified atom stereocenters. The molecular weight excluding hydrogens is 314 g/mol. The van der Waals surface area contributed by atoms with Gasteiger partial charge in [-0.15, -0.1) is 0 Å². The predicted molar refractivity (Wildman–Crippen MR) is 98.6 cm³/mol. The van der Waals surface area contributed by atoms with Crippen LogP contribution in [-0.2, 0) is 17.6 Å². The molecule has 0 aliphatic heterocycles. The quantitative estimate of drug-likeness (QED) is 0.727. The number of H-pyrrole nitrogens is 1. The van der Waals surface area contributed by atoms with Crippen molar-refractivity contribution in [2.75, 3.05) is 6.54 Å². The lowest BCUT2D eigenvalue weighted by atomic mass is 10.1. The molecule has 2 aromatic heterocycles. The average molecular weight is 335 g/mol. The monoisotopic (exact) mass is 335 g/mol. The van der Waals surface area contributed by atoms with Gasteiger partial charge in [-0.1, -0.05) is 18.2 Å². The summed E-state index contributed by atoms with van der Waals surface area (Å²) >= 11 is 0. The molecule has 0 radical (unpaired) electrons. The van der Waals surface area contributed by atoms with Gasteiger partial charge in [0.15, 0.2) is 0 Å². The van der Waals surface area contributed by atoms with Crippen LogP contribution in [0.15, 0.2) is 53.6 Å². The Morgan fingerprint density at radius 1 is 1.20 bits per heavy atom. The van der Waals surface area contributed by atoms with Crippen molar-refractivity contribution < 1.29 is 4.79 Å². The third-order valence-electron chi connectivity index (χ3n) is 4.16. The number of amides is 1. The number of pyridine rings is 2. The Labute approximate surface area is 146 Å². The number of benzene rings is 1. The minimum atomic E-state index is -0.124. The van der Waals surface area contributed by atoms with E-state index in [2.05, 4.69) is 15.3 Å². The zero-order chi connectivity index (χ0) is 17.6. The van der Waals surface area contributed by atoms with Gasteiger partial charge in [0.1, 0.15) is 0 Å². The number of fused-ring (bicyclic) bond motifs is 1. The van der Waals surface area contributed by atoms with Crippen LogP contribution in [0.5, 0.6) is 0 Å². The van der Waals surface area contributed by atoms with E-state index in [1.165, 1.54) is 0 Å². The standard InChI is InChI=1S/C20H21N3O2/c1-14-4-5-16-12-17(20(25)23-18(16)11-14)6-7-19(24)22-10-8-15-3-2-9-21-13-15/h2-5,9,11-13H,6-8,10H2,1H3,(H,22,24)(H,23,25). The Morgan fingerprint density at radius 3 is 2.88 bits per heavy atom. The molecule has 0 saturated heterocycles. The highest BCUT2D eigenvalue weighted by molar-refractivity contribution is 5.80. The molecule has 0 saturated carbocycles. The number of rotatable bonds is 6. The SMILES string of the molecule is Cc1ccc2cc(CCC(=O)NCCc3cccnc3)c(=O)[nH]c2c1. The maximum absolute atomic E-state index is 12.2. The number of hydrogen-bond acceptors (Lipinski definition) is 3. The largest absolute Gasteiger partial charge is 0.356 e. The van der Waals surface area contributed by atoms with Crippen molar-refractivity contribution in [1.82, 2.24) is 15.3 Å². The van der Waals surface area contributed by atoms with E-state index in [-0.39, 0.29) is 11.5 Å². The van der Waals surface area contributed by atoms with Gasteiger partial charge in [0.2, 0.25) is 5.91 Å². The second kappa shape index (κ2) is 7.75. The molecule has 1 aromatic carbocycles. The number of carbonyl (C=O) groups is 1. The topological polar surface area (TPSA) is 74.8 Å². The molecule has 3 rings (SSSR count). The first-order valence-corrected chi connectivity index (χ1v) is 8.40. The van der Waals surface area contributed by atoms with Gasteiger partial charge in [0, 0.05) is 36.4 Å². The molecule has 0 bridgehead atoms. The maximum atomic E-state index is 12.2. The number of aromatic amines is 1. The Balaban J connectivity index is 1.55. The molecule has 25 heavy (non-hydrogen) atoms. The second-order valence-corrected chi connectivity index (χ2v) is 6.18. The van der Waals surface area contributed by atoms with Crippen LogP contribution in [0.3, 0.4) is 0 Å². The molecule has 128 valence electrons. The van der Waals surface area contributed by atoms with Crippen molar-refractivity contribution in [2.45, 2.75) is 26.2 Å². The number of nitrogens with zero attached hydrogens (tertiary/aromatic N) is 1. The van der Waals surface area contributed by atoms with Gasteiger partial charge in [-0.25, -0.2) is 0 Å². The van der Waals surface area contributed by atoms with Gasteiger partial charge in [-0.05, 0) is 54.5 Å². The third-order valence-corrected chi connectivity index (χ3v) is 4.16. The van der Waals surface area contributed by atoms with Gasteiger partial charge in [-0.2, -0.15) is 0 Å². The van der Waals surface area contributed by atoms with Crippen LogP contribution in [0.2, 0.25) is 0 Å². The van der Waals surface area contributed by atoms with E-state index < -0.39 is 0 Å². The first-order chi connectivity index (χ1) is 12.1. The molecule has 5 heteroatoms.